The van der Waals surface area contributed by atoms with Crippen LogP contribution in [-0.2, 0) is 0 Å². The number of ether oxygens (including phenoxy) is 1. The molecule has 2 aromatic rings. The van der Waals surface area contributed by atoms with Gasteiger partial charge in [-0.05, 0) is 36.6 Å². The maximum Gasteiger partial charge on any atom is 0.271 e. The van der Waals surface area contributed by atoms with Crippen LogP contribution < -0.4 is 10.1 Å². The summed E-state index contributed by atoms with van der Waals surface area (Å²) in [6, 6.07) is 9.45. The zero-order valence-electron chi connectivity index (χ0n) is 14.0. The first-order valence-corrected chi connectivity index (χ1v) is 7.85. The number of non-ortho nitro benzene ring substituents is 1. The lowest BCUT2D eigenvalue weighted by Gasteiger charge is -2.10. The molecule has 0 aliphatic heterocycles. The number of nitrogens with one attached hydrogen (secondary N) is 1. The molecule has 6 nitrogen and oxygen atoms in total. The molecule has 0 saturated carbocycles. The Kier molecular flexibility index (Phi) is 6.05. The summed E-state index contributed by atoms with van der Waals surface area (Å²) in [5.74, 6) is -0.284. The van der Waals surface area contributed by atoms with E-state index >= 15 is 0 Å². The lowest BCUT2D eigenvalue weighted by Crippen LogP contribution is -2.13. The third-order valence-electron chi connectivity index (χ3n) is 3.47. The van der Waals surface area contributed by atoms with Gasteiger partial charge in [0.1, 0.15) is 11.6 Å². The molecule has 0 radical (unpaired) electrons. The number of amides is 1. The number of carbonyl (C=O) groups is 1. The first-order valence-electron chi connectivity index (χ1n) is 7.85. The summed E-state index contributed by atoms with van der Waals surface area (Å²) in [6.45, 7) is 4.70. The smallest absolute Gasteiger partial charge is 0.271 e. The summed E-state index contributed by atoms with van der Waals surface area (Å²) in [7, 11) is 0. The zero-order valence-corrected chi connectivity index (χ0v) is 14.0. The van der Waals surface area contributed by atoms with E-state index < -0.39 is 16.6 Å². The van der Waals surface area contributed by atoms with Crippen molar-refractivity contribution in [2.75, 3.05) is 11.9 Å². The number of nitro groups is 1. The Morgan fingerprint density at radius 2 is 2.04 bits per heavy atom. The number of anilines is 1. The average Bonchev–Trinajstić information content (AvgIpc) is 2.56. The molecule has 0 saturated heterocycles. The van der Waals surface area contributed by atoms with Gasteiger partial charge in [0.25, 0.3) is 11.6 Å². The molecule has 1 amide bonds. The highest BCUT2D eigenvalue weighted by molar-refractivity contribution is 6.04. The van der Waals surface area contributed by atoms with Crippen molar-refractivity contribution in [3.05, 3.63) is 64.0 Å². The van der Waals surface area contributed by atoms with Gasteiger partial charge >= 0.3 is 0 Å². The van der Waals surface area contributed by atoms with Gasteiger partial charge in [0.2, 0.25) is 0 Å². The van der Waals surface area contributed by atoms with Crippen molar-refractivity contribution in [3.63, 3.8) is 0 Å². The number of carbonyl (C=O) groups excluding carboxylic acids is 1. The Hall–Kier alpha value is -2.96. The fourth-order valence-corrected chi connectivity index (χ4v) is 2.06. The third kappa shape index (κ3) is 5.27. The Balaban J connectivity index is 2.11. The van der Waals surface area contributed by atoms with Crippen LogP contribution in [-0.4, -0.2) is 17.4 Å². The van der Waals surface area contributed by atoms with Gasteiger partial charge in [-0.3, -0.25) is 14.9 Å². The average molecular weight is 346 g/mol. The van der Waals surface area contributed by atoms with Crippen molar-refractivity contribution in [1.82, 2.24) is 0 Å². The second-order valence-corrected chi connectivity index (χ2v) is 5.93. The molecule has 0 unspecified atom stereocenters. The SMILES string of the molecule is CC(C)CCOc1cccc(C(=O)Nc2cc([N+](=O)[O-])ccc2F)c1. The summed E-state index contributed by atoms with van der Waals surface area (Å²) >= 11 is 0. The summed E-state index contributed by atoms with van der Waals surface area (Å²) < 4.78 is 19.4. The van der Waals surface area contributed by atoms with E-state index in [1.165, 1.54) is 0 Å². The normalized spacial score (nSPS) is 10.6. The van der Waals surface area contributed by atoms with Crippen molar-refractivity contribution < 1.29 is 18.8 Å². The van der Waals surface area contributed by atoms with E-state index in [9.17, 15) is 19.3 Å². The molecule has 2 aromatic carbocycles. The molecule has 0 fully saturated rings. The first-order chi connectivity index (χ1) is 11.9. The quantitative estimate of drug-likeness (QED) is 0.595. The highest BCUT2D eigenvalue weighted by Crippen LogP contribution is 2.22. The monoisotopic (exact) mass is 346 g/mol. The molecule has 0 atom stereocenters. The van der Waals surface area contributed by atoms with Crippen molar-refractivity contribution in [3.8, 4) is 5.75 Å². The van der Waals surface area contributed by atoms with Crippen LogP contribution in [0.15, 0.2) is 42.5 Å². The number of halogens is 1. The minimum absolute atomic E-state index is 0.245. The molecule has 2 rings (SSSR count). The highest BCUT2D eigenvalue weighted by Gasteiger charge is 2.14. The van der Waals surface area contributed by atoms with Gasteiger partial charge < -0.3 is 10.1 Å². The number of nitrogens with zero attached hydrogens (tertiary/aromatic N) is 1. The molecule has 0 heterocycles. The van der Waals surface area contributed by atoms with Crippen molar-refractivity contribution in [2.24, 2.45) is 5.92 Å². The predicted octanol–water partition coefficient (Wildman–Crippen LogP) is 4.41. The lowest BCUT2D eigenvalue weighted by molar-refractivity contribution is -0.384. The van der Waals surface area contributed by atoms with Crippen LogP contribution >= 0.6 is 0 Å². The van der Waals surface area contributed by atoms with Gasteiger partial charge in [-0.15, -0.1) is 0 Å². The molecule has 0 bridgehead atoms. The maximum absolute atomic E-state index is 13.8. The van der Waals surface area contributed by atoms with Gasteiger partial charge in [-0.1, -0.05) is 19.9 Å². The van der Waals surface area contributed by atoms with E-state index in [4.69, 9.17) is 4.74 Å². The number of hydrogen-bond donors (Lipinski definition) is 1. The Morgan fingerprint density at radius 1 is 1.28 bits per heavy atom. The van der Waals surface area contributed by atoms with E-state index in [0.29, 0.717) is 18.3 Å². The first kappa shape index (κ1) is 18.4. The van der Waals surface area contributed by atoms with Crippen molar-refractivity contribution in [1.29, 1.82) is 0 Å². The van der Waals surface area contributed by atoms with Crippen LogP contribution in [0.1, 0.15) is 30.6 Å². The van der Waals surface area contributed by atoms with Gasteiger partial charge in [0.15, 0.2) is 0 Å². The molecule has 7 heteroatoms. The standard InChI is InChI=1S/C18H19FN2O4/c1-12(2)8-9-25-15-5-3-4-13(10-15)18(22)20-17-11-14(21(23)24)6-7-16(17)19/h3-7,10-12H,8-9H2,1-2H3,(H,20,22). The second kappa shape index (κ2) is 8.23. The van der Waals surface area contributed by atoms with Crippen LogP contribution in [0.25, 0.3) is 0 Å². The Bertz CT molecular complexity index is 777. The van der Waals surface area contributed by atoms with Crippen LogP contribution in [0.2, 0.25) is 0 Å². The molecule has 0 aliphatic rings. The minimum Gasteiger partial charge on any atom is -0.494 e. The third-order valence-corrected chi connectivity index (χ3v) is 3.47. The maximum atomic E-state index is 13.8. The number of benzene rings is 2. The molecule has 132 valence electrons. The molecule has 0 spiro atoms. The van der Waals surface area contributed by atoms with E-state index in [1.807, 2.05) is 0 Å². The van der Waals surface area contributed by atoms with Crippen LogP contribution in [0.4, 0.5) is 15.8 Å². The number of nitro benzene ring substituents is 1. The van der Waals surface area contributed by atoms with Crippen LogP contribution in [0.5, 0.6) is 5.75 Å². The van der Waals surface area contributed by atoms with Gasteiger partial charge in [-0.2, -0.15) is 0 Å². The highest BCUT2D eigenvalue weighted by atomic mass is 19.1. The van der Waals surface area contributed by atoms with Crippen LogP contribution in [0.3, 0.4) is 0 Å². The number of hydrogen-bond acceptors (Lipinski definition) is 4. The zero-order chi connectivity index (χ0) is 18.4. The number of rotatable bonds is 7. The Labute approximate surface area is 144 Å². The summed E-state index contributed by atoms with van der Waals surface area (Å²) in [6.07, 6.45) is 0.884. The van der Waals surface area contributed by atoms with E-state index in [-0.39, 0.29) is 16.9 Å². The largest absolute Gasteiger partial charge is 0.494 e. The summed E-state index contributed by atoms with van der Waals surface area (Å²) in [5.41, 5.74) is -0.277. The van der Waals surface area contributed by atoms with Gasteiger partial charge in [0, 0.05) is 17.7 Å². The predicted molar refractivity (Wildman–Crippen MR) is 92.4 cm³/mol. The van der Waals surface area contributed by atoms with Gasteiger partial charge in [0.05, 0.1) is 17.2 Å². The van der Waals surface area contributed by atoms with Crippen LogP contribution in [0, 0.1) is 21.8 Å². The van der Waals surface area contributed by atoms with Crippen molar-refractivity contribution in [2.45, 2.75) is 20.3 Å². The van der Waals surface area contributed by atoms with Crippen molar-refractivity contribution >= 4 is 17.3 Å². The Morgan fingerprint density at radius 3 is 2.72 bits per heavy atom. The molecule has 25 heavy (non-hydrogen) atoms. The second-order valence-electron chi connectivity index (χ2n) is 5.93. The van der Waals surface area contributed by atoms with E-state index in [2.05, 4.69) is 19.2 Å². The summed E-state index contributed by atoms with van der Waals surface area (Å²) in [5, 5.41) is 13.1. The molecule has 0 aromatic heterocycles. The molecule has 0 aliphatic carbocycles. The molecular formula is C18H19FN2O4. The summed E-state index contributed by atoms with van der Waals surface area (Å²) in [4.78, 5) is 22.4. The fourth-order valence-electron chi connectivity index (χ4n) is 2.06. The minimum atomic E-state index is -0.747. The topological polar surface area (TPSA) is 81.5 Å². The lowest BCUT2D eigenvalue weighted by atomic mass is 10.1. The fraction of sp³-hybridized carbons (Fsp3) is 0.278. The van der Waals surface area contributed by atoms with Gasteiger partial charge in [-0.25, -0.2) is 4.39 Å². The van der Waals surface area contributed by atoms with E-state index in [1.54, 1.807) is 24.3 Å². The molecular weight excluding hydrogens is 327 g/mol. The van der Waals surface area contributed by atoms with E-state index in [0.717, 1.165) is 24.6 Å². The molecule has 1 N–H and O–H groups in total.